The number of rotatable bonds is 2. The molecule has 1 radical (unpaired) electrons. The van der Waals surface area contributed by atoms with E-state index in [1.54, 1.807) is 6.07 Å². The summed E-state index contributed by atoms with van der Waals surface area (Å²) in [5.74, 6) is 0. The topological polar surface area (TPSA) is 0 Å². The highest BCUT2D eigenvalue weighted by molar-refractivity contribution is 5.34. The Morgan fingerprint density at radius 3 is 2.36 bits per heavy atom. The Kier molecular flexibility index (Phi) is 2.99. The molecule has 0 spiro atoms. The second-order valence-electron chi connectivity index (χ2n) is 2.95. The van der Waals surface area contributed by atoms with Crippen molar-refractivity contribution in [1.29, 1.82) is 0 Å². The van der Waals surface area contributed by atoms with Crippen molar-refractivity contribution < 1.29 is 13.2 Å². The second-order valence-corrected chi connectivity index (χ2v) is 2.95. The molecule has 0 bridgehead atoms. The van der Waals surface area contributed by atoms with Crippen molar-refractivity contribution in [3.63, 3.8) is 0 Å². The zero-order valence-electron chi connectivity index (χ0n) is 7.78. The smallest absolute Gasteiger partial charge is 0.166 e. The van der Waals surface area contributed by atoms with Gasteiger partial charge < -0.3 is 0 Å². The molecule has 0 saturated heterocycles. The predicted molar refractivity (Wildman–Crippen MR) is 48.8 cm³/mol. The molecule has 0 amide bonds. The molecule has 3 heteroatoms. The maximum Gasteiger partial charge on any atom is 0.416 e. The SMILES string of the molecule is C=[C]c1cc(CC)cc(C(F)(F)F)c1. The summed E-state index contributed by atoms with van der Waals surface area (Å²) in [6.45, 7) is 5.15. The lowest BCUT2D eigenvalue weighted by atomic mass is 10.0. The third-order valence-corrected chi connectivity index (χ3v) is 1.93. The highest BCUT2D eigenvalue weighted by atomic mass is 19.4. The van der Waals surface area contributed by atoms with Crippen molar-refractivity contribution in [2.75, 3.05) is 0 Å². The Balaban J connectivity index is 3.24. The van der Waals surface area contributed by atoms with Gasteiger partial charge in [-0.05, 0) is 35.8 Å². The second kappa shape index (κ2) is 3.86. The zero-order valence-corrected chi connectivity index (χ0v) is 7.78. The first-order chi connectivity index (χ1) is 6.47. The number of halogens is 3. The third kappa shape index (κ3) is 2.37. The van der Waals surface area contributed by atoms with Gasteiger partial charge in [0.1, 0.15) is 0 Å². The summed E-state index contributed by atoms with van der Waals surface area (Å²) in [5.41, 5.74) is 0.394. The molecule has 0 aliphatic rings. The van der Waals surface area contributed by atoms with Crippen LogP contribution in [0.3, 0.4) is 0 Å². The van der Waals surface area contributed by atoms with E-state index in [1.807, 2.05) is 6.92 Å². The molecule has 1 aromatic rings. The minimum atomic E-state index is -4.29. The van der Waals surface area contributed by atoms with Gasteiger partial charge in [-0.1, -0.05) is 19.6 Å². The lowest BCUT2D eigenvalue weighted by Crippen LogP contribution is -2.06. The maximum absolute atomic E-state index is 12.4. The molecule has 75 valence electrons. The van der Waals surface area contributed by atoms with Gasteiger partial charge in [-0.3, -0.25) is 0 Å². The quantitative estimate of drug-likeness (QED) is 0.682. The van der Waals surface area contributed by atoms with Crippen LogP contribution >= 0.6 is 0 Å². The van der Waals surface area contributed by atoms with E-state index in [9.17, 15) is 13.2 Å². The molecule has 1 aromatic carbocycles. The maximum atomic E-state index is 12.4. The average molecular weight is 199 g/mol. The van der Waals surface area contributed by atoms with Crippen molar-refractivity contribution >= 4 is 0 Å². The molecule has 0 aliphatic carbocycles. The van der Waals surface area contributed by atoms with E-state index < -0.39 is 11.7 Å². The minimum absolute atomic E-state index is 0.386. The Morgan fingerprint density at radius 2 is 1.93 bits per heavy atom. The molecular weight excluding hydrogens is 189 g/mol. The van der Waals surface area contributed by atoms with Gasteiger partial charge in [0.15, 0.2) is 0 Å². The van der Waals surface area contributed by atoms with Gasteiger partial charge in [0.05, 0.1) is 5.56 Å². The van der Waals surface area contributed by atoms with Gasteiger partial charge in [-0.25, -0.2) is 0 Å². The lowest BCUT2D eigenvalue weighted by Gasteiger charge is -2.09. The summed E-state index contributed by atoms with van der Waals surface area (Å²) in [5, 5.41) is 0. The number of hydrogen-bond donors (Lipinski definition) is 0. The molecule has 0 atom stereocenters. The number of alkyl halides is 3. The largest absolute Gasteiger partial charge is 0.416 e. The monoisotopic (exact) mass is 199 g/mol. The summed E-state index contributed by atoms with van der Waals surface area (Å²) >= 11 is 0. The Morgan fingerprint density at radius 1 is 1.29 bits per heavy atom. The fraction of sp³-hybridized carbons (Fsp3) is 0.273. The van der Waals surface area contributed by atoms with Crippen LogP contribution in [0.15, 0.2) is 24.8 Å². The van der Waals surface area contributed by atoms with Crippen LogP contribution in [0.4, 0.5) is 13.2 Å². The summed E-state index contributed by atoms with van der Waals surface area (Å²) in [4.78, 5) is 0. The summed E-state index contributed by atoms with van der Waals surface area (Å²) in [6.07, 6.45) is -1.26. The van der Waals surface area contributed by atoms with E-state index in [-0.39, 0.29) is 0 Å². The first-order valence-corrected chi connectivity index (χ1v) is 4.21. The van der Waals surface area contributed by atoms with Crippen LogP contribution in [-0.2, 0) is 12.6 Å². The van der Waals surface area contributed by atoms with E-state index >= 15 is 0 Å². The predicted octanol–water partition coefficient (Wildman–Crippen LogP) is 3.61. The van der Waals surface area contributed by atoms with Gasteiger partial charge in [-0.2, -0.15) is 13.2 Å². The summed E-state index contributed by atoms with van der Waals surface area (Å²) in [6, 6.07) is 3.86. The fourth-order valence-corrected chi connectivity index (χ4v) is 1.16. The van der Waals surface area contributed by atoms with E-state index in [0.717, 1.165) is 12.1 Å². The normalized spacial score (nSPS) is 11.4. The molecule has 0 unspecified atom stereocenters. The lowest BCUT2D eigenvalue weighted by molar-refractivity contribution is -0.137. The van der Waals surface area contributed by atoms with E-state index in [4.69, 9.17) is 0 Å². The molecule has 0 N–H and O–H groups in total. The first kappa shape index (κ1) is 10.8. The van der Waals surface area contributed by atoms with Crippen molar-refractivity contribution in [2.24, 2.45) is 0 Å². The van der Waals surface area contributed by atoms with Crippen LogP contribution in [0.1, 0.15) is 23.6 Å². The van der Waals surface area contributed by atoms with Crippen LogP contribution < -0.4 is 0 Å². The van der Waals surface area contributed by atoms with Crippen LogP contribution in [0, 0.1) is 6.08 Å². The highest BCUT2D eigenvalue weighted by Gasteiger charge is 2.30. The number of hydrogen-bond acceptors (Lipinski definition) is 0. The standard InChI is InChI=1S/C11H10F3/c1-3-8-5-9(4-2)7-10(6-8)11(12,13)14/h5-7H,1,4H2,2H3. The Bertz CT molecular complexity index is 337. The van der Waals surface area contributed by atoms with Crippen LogP contribution in [0.5, 0.6) is 0 Å². The van der Waals surface area contributed by atoms with E-state index in [2.05, 4.69) is 12.7 Å². The number of benzene rings is 1. The average Bonchev–Trinajstić information content (AvgIpc) is 2.15. The molecule has 14 heavy (non-hydrogen) atoms. The molecule has 0 saturated carbocycles. The van der Waals surface area contributed by atoms with E-state index in [0.29, 0.717) is 17.5 Å². The molecule has 0 aromatic heterocycles. The van der Waals surface area contributed by atoms with Crippen molar-refractivity contribution in [3.05, 3.63) is 47.5 Å². The van der Waals surface area contributed by atoms with Gasteiger partial charge >= 0.3 is 6.18 Å². The van der Waals surface area contributed by atoms with Gasteiger partial charge in [0, 0.05) is 0 Å². The van der Waals surface area contributed by atoms with Crippen molar-refractivity contribution in [3.8, 4) is 0 Å². The highest BCUT2D eigenvalue weighted by Crippen LogP contribution is 2.30. The molecule has 0 heterocycles. The van der Waals surface area contributed by atoms with Crippen molar-refractivity contribution in [2.45, 2.75) is 19.5 Å². The van der Waals surface area contributed by atoms with Gasteiger partial charge in [0.2, 0.25) is 0 Å². The van der Waals surface area contributed by atoms with E-state index in [1.165, 1.54) is 0 Å². The Labute approximate surface area is 81.1 Å². The number of aryl methyl sites for hydroxylation is 1. The van der Waals surface area contributed by atoms with Gasteiger partial charge in [-0.15, -0.1) is 0 Å². The first-order valence-electron chi connectivity index (χ1n) is 4.21. The van der Waals surface area contributed by atoms with Crippen LogP contribution in [0.25, 0.3) is 0 Å². The molecule has 1 rings (SSSR count). The molecule has 0 nitrogen and oxygen atoms in total. The molecule has 0 fully saturated rings. The fourth-order valence-electron chi connectivity index (χ4n) is 1.16. The van der Waals surface area contributed by atoms with Crippen LogP contribution in [-0.4, -0.2) is 0 Å². The van der Waals surface area contributed by atoms with Crippen molar-refractivity contribution in [1.82, 2.24) is 0 Å². The Hall–Kier alpha value is -1.25. The summed E-state index contributed by atoms with van der Waals surface area (Å²) in [7, 11) is 0. The zero-order chi connectivity index (χ0) is 10.8. The minimum Gasteiger partial charge on any atom is -0.166 e. The van der Waals surface area contributed by atoms with Gasteiger partial charge in [0.25, 0.3) is 0 Å². The molecular formula is C11H10F3. The third-order valence-electron chi connectivity index (χ3n) is 1.93. The summed E-state index contributed by atoms with van der Waals surface area (Å²) < 4.78 is 37.1. The molecule has 0 aliphatic heterocycles. The van der Waals surface area contributed by atoms with Crippen LogP contribution in [0.2, 0.25) is 0 Å².